The first kappa shape index (κ1) is 13.9. The Bertz CT molecular complexity index is 138. The molecule has 0 N–H and O–H groups in total. The lowest BCUT2D eigenvalue weighted by Crippen LogP contribution is -2.30. The third kappa shape index (κ3) is 4.43. The first-order valence-corrected chi connectivity index (χ1v) is 6.09. The fourth-order valence-corrected chi connectivity index (χ4v) is 2.12. The van der Waals surface area contributed by atoms with Crippen molar-refractivity contribution in [3.8, 4) is 0 Å². The fraction of sp³-hybridized carbons (Fsp3) is 1.00. The molecule has 0 heterocycles. The summed E-state index contributed by atoms with van der Waals surface area (Å²) in [5, 5.41) is 0. The molecule has 0 bridgehead atoms. The minimum atomic E-state index is -0.665. The molecule has 14 heavy (non-hydrogen) atoms. The topological polar surface area (TPSA) is 0 Å². The molecule has 0 radical (unpaired) electrons. The third-order valence-corrected chi connectivity index (χ3v) is 3.59. The van der Waals surface area contributed by atoms with Gasteiger partial charge in [0.1, 0.15) is 6.17 Å². The monoisotopic (exact) mass is 202 g/mol. The van der Waals surface area contributed by atoms with Crippen LogP contribution in [0.1, 0.15) is 66.7 Å². The number of halogens is 1. The Morgan fingerprint density at radius 2 is 1.71 bits per heavy atom. The van der Waals surface area contributed by atoms with Crippen molar-refractivity contribution >= 4 is 0 Å². The summed E-state index contributed by atoms with van der Waals surface area (Å²) >= 11 is 0. The number of hydrogen-bond acceptors (Lipinski definition) is 0. The maximum Gasteiger partial charge on any atom is 0.101 e. The molecule has 0 aromatic heterocycles. The van der Waals surface area contributed by atoms with Gasteiger partial charge in [-0.05, 0) is 24.7 Å². The van der Waals surface area contributed by atoms with Gasteiger partial charge in [-0.1, -0.05) is 53.4 Å². The summed E-state index contributed by atoms with van der Waals surface area (Å²) in [5.41, 5.74) is 0.155. The Kier molecular flexibility index (Phi) is 6.39. The smallest absolute Gasteiger partial charge is 0.101 e. The lowest BCUT2D eigenvalue weighted by Gasteiger charge is -2.34. The minimum absolute atomic E-state index is 0.155. The van der Waals surface area contributed by atoms with Gasteiger partial charge in [0.05, 0.1) is 0 Å². The molecule has 0 aromatic rings. The highest BCUT2D eigenvalue weighted by molar-refractivity contribution is 4.80. The van der Waals surface area contributed by atoms with Crippen LogP contribution in [0.2, 0.25) is 0 Å². The van der Waals surface area contributed by atoms with E-state index in [-0.39, 0.29) is 11.3 Å². The maximum absolute atomic E-state index is 13.5. The molecule has 2 atom stereocenters. The molecule has 0 aromatic carbocycles. The molecule has 1 heteroatoms. The zero-order chi connectivity index (χ0) is 11.2. The Morgan fingerprint density at radius 1 is 1.14 bits per heavy atom. The first-order valence-electron chi connectivity index (χ1n) is 6.09. The van der Waals surface area contributed by atoms with Gasteiger partial charge in [0.2, 0.25) is 0 Å². The van der Waals surface area contributed by atoms with E-state index >= 15 is 0 Å². The van der Waals surface area contributed by atoms with E-state index in [4.69, 9.17) is 0 Å². The highest BCUT2D eigenvalue weighted by atomic mass is 19.1. The Labute approximate surface area is 89.3 Å². The van der Waals surface area contributed by atoms with Crippen molar-refractivity contribution in [1.29, 1.82) is 0 Å². The number of alkyl halides is 1. The number of rotatable bonds is 7. The zero-order valence-electron chi connectivity index (χ0n) is 10.6. The van der Waals surface area contributed by atoms with Crippen molar-refractivity contribution in [2.45, 2.75) is 72.9 Å². The van der Waals surface area contributed by atoms with Gasteiger partial charge in [-0.3, -0.25) is 0 Å². The molecular weight excluding hydrogens is 175 g/mol. The first-order chi connectivity index (χ1) is 6.45. The van der Waals surface area contributed by atoms with Crippen LogP contribution < -0.4 is 0 Å². The van der Waals surface area contributed by atoms with Crippen LogP contribution in [0.25, 0.3) is 0 Å². The zero-order valence-corrected chi connectivity index (χ0v) is 10.6. The second-order valence-corrected chi connectivity index (χ2v) is 5.12. The van der Waals surface area contributed by atoms with Crippen molar-refractivity contribution < 1.29 is 4.39 Å². The highest BCUT2D eigenvalue weighted by Gasteiger charge is 2.31. The van der Waals surface area contributed by atoms with Crippen LogP contribution in [0.15, 0.2) is 0 Å². The van der Waals surface area contributed by atoms with Gasteiger partial charge in [0, 0.05) is 0 Å². The summed E-state index contributed by atoms with van der Waals surface area (Å²) in [5.74, 6) is 0.235. The van der Waals surface area contributed by atoms with E-state index in [1.807, 2.05) is 0 Å². The normalized spacial score (nSPS) is 16.7. The van der Waals surface area contributed by atoms with Gasteiger partial charge in [0.15, 0.2) is 0 Å². The van der Waals surface area contributed by atoms with Crippen LogP contribution in [-0.4, -0.2) is 6.17 Å². The van der Waals surface area contributed by atoms with Crippen LogP contribution in [-0.2, 0) is 0 Å². The second kappa shape index (κ2) is 6.42. The molecule has 0 aliphatic rings. The SMILES string of the molecule is CCCCCC(C(C)F)C(C)(C)CC. The molecule has 0 nitrogen and oxygen atoms in total. The fourth-order valence-electron chi connectivity index (χ4n) is 2.12. The Morgan fingerprint density at radius 3 is 2.07 bits per heavy atom. The molecule has 0 amide bonds. The van der Waals surface area contributed by atoms with Crippen molar-refractivity contribution in [1.82, 2.24) is 0 Å². The van der Waals surface area contributed by atoms with Gasteiger partial charge in [0.25, 0.3) is 0 Å². The standard InChI is InChI=1S/C13H27F/c1-6-8-9-10-12(11(3)14)13(4,5)7-2/h11-12H,6-10H2,1-5H3. The van der Waals surface area contributed by atoms with E-state index in [0.29, 0.717) is 0 Å². The Hall–Kier alpha value is -0.0700. The van der Waals surface area contributed by atoms with Crippen LogP contribution in [0.5, 0.6) is 0 Å². The summed E-state index contributed by atoms with van der Waals surface area (Å²) in [7, 11) is 0. The lowest BCUT2D eigenvalue weighted by atomic mass is 9.72. The van der Waals surface area contributed by atoms with E-state index in [1.54, 1.807) is 6.92 Å². The summed E-state index contributed by atoms with van der Waals surface area (Å²) in [6, 6.07) is 0. The molecule has 0 aliphatic carbocycles. The molecule has 86 valence electrons. The molecule has 0 saturated carbocycles. The van der Waals surface area contributed by atoms with Gasteiger partial charge < -0.3 is 0 Å². The molecule has 0 aliphatic heterocycles. The van der Waals surface area contributed by atoms with Crippen molar-refractivity contribution in [3.05, 3.63) is 0 Å². The quantitative estimate of drug-likeness (QED) is 0.511. The summed E-state index contributed by atoms with van der Waals surface area (Å²) in [6.45, 7) is 10.5. The summed E-state index contributed by atoms with van der Waals surface area (Å²) in [6.07, 6.45) is 5.09. The number of unbranched alkanes of at least 4 members (excludes halogenated alkanes) is 2. The van der Waals surface area contributed by atoms with Crippen molar-refractivity contribution in [3.63, 3.8) is 0 Å². The van der Waals surface area contributed by atoms with Crippen LogP contribution in [0.3, 0.4) is 0 Å². The third-order valence-electron chi connectivity index (χ3n) is 3.59. The predicted octanol–water partition coefficient (Wildman–Crippen LogP) is 4.98. The van der Waals surface area contributed by atoms with Crippen LogP contribution in [0.4, 0.5) is 4.39 Å². The van der Waals surface area contributed by atoms with E-state index < -0.39 is 6.17 Å². The van der Waals surface area contributed by atoms with Crippen LogP contribution >= 0.6 is 0 Å². The Balaban J connectivity index is 4.15. The lowest BCUT2D eigenvalue weighted by molar-refractivity contribution is 0.0965. The second-order valence-electron chi connectivity index (χ2n) is 5.12. The van der Waals surface area contributed by atoms with Crippen LogP contribution in [0, 0.1) is 11.3 Å². The summed E-state index contributed by atoms with van der Waals surface area (Å²) < 4.78 is 13.5. The predicted molar refractivity (Wildman–Crippen MR) is 62.3 cm³/mol. The van der Waals surface area contributed by atoms with Gasteiger partial charge in [-0.15, -0.1) is 0 Å². The average molecular weight is 202 g/mol. The van der Waals surface area contributed by atoms with Gasteiger partial charge in [-0.25, -0.2) is 4.39 Å². The van der Waals surface area contributed by atoms with E-state index in [2.05, 4.69) is 27.7 Å². The molecule has 2 unspecified atom stereocenters. The molecule has 0 spiro atoms. The largest absolute Gasteiger partial charge is 0.247 e. The van der Waals surface area contributed by atoms with Crippen molar-refractivity contribution in [2.24, 2.45) is 11.3 Å². The molecular formula is C13H27F. The van der Waals surface area contributed by atoms with Gasteiger partial charge in [-0.2, -0.15) is 0 Å². The molecule has 0 fully saturated rings. The number of hydrogen-bond donors (Lipinski definition) is 0. The highest BCUT2D eigenvalue weighted by Crippen LogP contribution is 2.37. The van der Waals surface area contributed by atoms with Crippen molar-refractivity contribution in [2.75, 3.05) is 0 Å². The average Bonchev–Trinajstić information content (AvgIpc) is 2.11. The van der Waals surface area contributed by atoms with E-state index in [9.17, 15) is 4.39 Å². The molecule has 0 rings (SSSR count). The van der Waals surface area contributed by atoms with Gasteiger partial charge >= 0.3 is 0 Å². The van der Waals surface area contributed by atoms with E-state index in [0.717, 1.165) is 12.8 Å². The maximum atomic E-state index is 13.5. The summed E-state index contributed by atoms with van der Waals surface area (Å²) in [4.78, 5) is 0. The van der Waals surface area contributed by atoms with E-state index in [1.165, 1.54) is 19.3 Å². The molecule has 0 saturated heterocycles. The minimum Gasteiger partial charge on any atom is -0.247 e.